The molecule has 1 aliphatic rings. The first-order valence-electron chi connectivity index (χ1n) is 8.27. The van der Waals surface area contributed by atoms with Gasteiger partial charge in [0.25, 0.3) is 5.91 Å². The van der Waals surface area contributed by atoms with Gasteiger partial charge in [0, 0.05) is 39.6 Å². The normalized spacial score (nSPS) is 15.8. The molecule has 0 aliphatic carbocycles. The van der Waals surface area contributed by atoms with Gasteiger partial charge in [-0.3, -0.25) is 4.79 Å². The summed E-state index contributed by atoms with van der Waals surface area (Å²) in [6.45, 7) is 3.61. The van der Waals surface area contributed by atoms with Crippen LogP contribution in [0.2, 0.25) is 0 Å². The number of para-hydroxylation sites is 2. The largest absolute Gasteiger partial charge is 0.373 e. The molecule has 1 aromatic heterocycles. The molecular formula is C18H24N4O2. The van der Waals surface area contributed by atoms with Crippen molar-refractivity contribution in [2.45, 2.75) is 19.4 Å². The fourth-order valence-electron chi connectivity index (χ4n) is 3.10. The maximum absolute atomic E-state index is 12.7. The zero-order valence-electron chi connectivity index (χ0n) is 14.5. The summed E-state index contributed by atoms with van der Waals surface area (Å²) in [5, 5.41) is 0. The number of ether oxygens (including phenoxy) is 1. The Morgan fingerprint density at radius 3 is 2.71 bits per heavy atom. The van der Waals surface area contributed by atoms with Crippen molar-refractivity contribution in [3.05, 3.63) is 42.5 Å². The van der Waals surface area contributed by atoms with Crippen molar-refractivity contribution in [1.82, 2.24) is 9.55 Å². The number of hydrogen-bond donors (Lipinski definition) is 0. The van der Waals surface area contributed by atoms with E-state index in [9.17, 15) is 4.79 Å². The second-order valence-corrected chi connectivity index (χ2v) is 6.16. The van der Waals surface area contributed by atoms with E-state index in [2.05, 4.69) is 23.0 Å². The van der Waals surface area contributed by atoms with Crippen LogP contribution in [0.3, 0.4) is 0 Å². The van der Waals surface area contributed by atoms with E-state index >= 15 is 0 Å². The lowest BCUT2D eigenvalue weighted by atomic mass is 10.2. The standard InChI is InChI=1S/C18H24N4O2/c1-14(18-19-9-12-21(18)3)24-13-17(23)22-11-6-10-20(2)15-7-4-5-8-16(15)22/h4-5,7-9,12,14H,6,10-11,13H2,1-3H3. The van der Waals surface area contributed by atoms with E-state index in [0.717, 1.165) is 30.2 Å². The quantitative estimate of drug-likeness (QED) is 0.865. The maximum Gasteiger partial charge on any atom is 0.253 e. The zero-order chi connectivity index (χ0) is 17.1. The Bertz CT molecular complexity index is 713. The topological polar surface area (TPSA) is 50.6 Å². The average molecular weight is 328 g/mol. The number of benzene rings is 1. The molecule has 0 fully saturated rings. The van der Waals surface area contributed by atoms with E-state index in [1.165, 1.54) is 0 Å². The van der Waals surface area contributed by atoms with Crippen LogP contribution in [0.25, 0.3) is 0 Å². The highest BCUT2D eigenvalue weighted by Gasteiger charge is 2.24. The third-order valence-electron chi connectivity index (χ3n) is 4.44. The number of fused-ring (bicyclic) bond motifs is 1. The third kappa shape index (κ3) is 3.28. The first-order valence-corrected chi connectivity index (χ1v) is 8.27. The Labute approximate surface area is 142 Å². The highest BCUT2D eigenvalue weighted by molar-refractivity contribution is 5.97. The molecule has 3 rings (SSSR count). The van der Waals surface area contributed by atoms with Crippen molar-refractivity contribution in [3.8, 4) is 0 Å². The molecule has 1 atom stereocenters. The highest BCUT2D eigenvalue weighted by Crippen LogP contribution is 2.31. The van der Waals surface area contributed by atoms with E-state index in [0.29, 0.717) is 6.54 Å². The van der Waals surface area contributed by atoms with E-state index in [4.69, 9.17) is 4.74 Å². The van der Waals surface area contributed by atoms with Crippen LogP contribution in [0.15, 0.2) is 36.7 Å². The predicted molar refractivity (Wildman–Crippen MR) is 94.3 cm³/mol. The first-order chi connectivity index (χ1) is 11.6. The van der Waals surface area contributed by atoms with Crippen LogP contribution in [-0.4, -0.2) is 42.2 Å². The van der Waals surface area contributed by atoms with Gasteiger partial charge >= 0.3 is 0 Å². The Kier molecular flexibility index (Phi) is 4.85. The van der Waals surface area contributed by atoms with Crippen LogP contribution in [0, 0.1) is 0 Å². The Morgan fingerprint density at radius 1 is 1.25 bits per heavy atom. The number of rotatable bonds is 4. The molecule has 0 bridgehead atoms. The molecule has 0 saturated heterocycles. The monoisotopic (exact) mass is 328 g/mol. The van der Waals surface area contributed by atoms with E-state index in [-0.39, 0.29) is 18.6 Å². The van der Waals surface area contributed by atoms with Gasteiger partial charge < -0.3 is 19.1 Å². The Balaban J connectivity index is 1.71. The number of carbonyl (C=O) groups excluding carboxylic acids is 1. The summed E-state index contributed by atoms with van der Waals surface area (Å²) >= 11 is 0. The molecular weight excluding hydrogens is 304 g/mol. The summed E-state index contributed by atoms with van der Waals surface area (Å²) in [7, 11) is 3.98. The van der Waals surface area contributed by atoms with Crippen LogP contribution < -0.4 is 9.80 Å². The predicted octanol–water partition coefficient (Wildman–Crippen LogP) is 2.37. The minimum Gasteiger partial charge on any atom is -0.373 e. The van der Waals surface area contributed by atoms with E-state index in [1.807, 2.05) is 47.8 Å². The zero-order valence-corrected chi connectivity index (χ0v) is 14.5. The molecule has 1 aromatic carbocycles. The number of anilines is 2. The molecule has 1 aliphatic heterocycles. The number of imidazole rings is 1. The van der Waals surface area contributed by atoms with E-state index < -0.39 is 0 Å². The number of aryl methyl sites for hydroxylation is 1. The van der Waals surface area contributed by atoms with Gasteiger partial charge in [0.1, 0.15) is 18.5 Å². The van der Waals surface area contributed by atoms with Gasteiger partial charge in [-0.25, -0.2) is 4.98 Å². The van der Waals surface area contributed by atoms with Crippen LogP contribution in [-0.2, 0) is 16.6 Å². The minimum atomic E-state index is -0.223. The van der Waals surface area contributed by atoms with Crippen LogP contribution in [0.1, 0.15) is 25.3 Å². The highest BCUT2D eigenvalue weighted by atomic mass is 16.5. The van der Waals surface area contributed by atoms with Crippen molar-refractivity contribution in [2.75, 3.05) is 36.5 Å². The van der Waals surface area contributed by atoms with Crippen molar-refractivity contribution in [1.29, 1.82) is 0 Å². The molecule has 2 heterocycles. The van der Waals surface area contributed by atoms with Crippen molar-refractivity contribution < 1.29 is 9.53 Å². The van der Waals surface area contributed by atoms with Gasteiger partial charge in [-0.05, 0) is 25.5 Å². The third-order valence-corrected chi connectivity index (χ3v) is 4.44. The van der Waals surface area contributed by atoms with Gasteiger partial charge in [0.15, 0.2) is 0 Å². The van der Waals surface area contributed by atoms with Gasteiger partial charge in [-0.1, -0.05) is 12.1 Å². The molecule has 0 saturated carbocycles. The van der Waals surface area contributed by atoms with Gasteiger partial charge in [0.2, 0.25) is 0 Å². The smallest absolute Gasteiger partial charge is 0.253 e. The first kappa shape index (κ1) is 16.5. The van der Waals surface area contributed by atoms with Gasteiger partial charge in [-0.15, -0.1) is 0 Å². The molecule has 6 heteroatoms. The molecule has 0 spiro atoms. The second-order valence-electron chi connectivity index (χ2n) is 6.16. The second kappa shape index (κ2) is 7.05. The Morgan fingerprint density at radius 2 is 2.00 bits per heavy atom. The minimum absolute atomic E-state index is 0.0150. The fourth-order valence-corrected chi connectivity index (χ4v) is 3.10. The summed E-state index contributed by atoms with van der Waals surface area (Å²) in [6, 6.07) is 8.02. The number of carbonyl (C=O) groups is 1. The molecule has 2 aromatic rings. The van der Waals surface area contributed by atoms with Crippen LogP contribution in [0.5, 0.6) is 0 Å². The summed E-state index contributed by atoms with van der Waals surface area (Å²) in [6.07, 6.45) is 4.32. The molecule has 0 N–H and O–H groups in total. The molecule has 0 radical (unpaired) electrons. The number of amides is 1. The summed E-state index contributed by atoms with van der Waals surface area (Å²) < 4.78 is 7.68. The molecule has 6 nitrogen and oxygen atoms in total. The molecule has 1 unspecified atom stereocenters. The van der Waals surface area contributed by atoms with Crippen molar-refractivity contribution >= 4 is 17.3 Å². The summed E-state index contributed by atoms with van der Waals surface area (Å²) in [4.78, 5) is 21.0. The number of hydrogen-bond acceptors (Lipinski definition) is 4. The summed E-state index contributed by atoms with van der Waals surface area (Å²) in [5.41, 5.74) is 2.04. The van der Waals surface area contributed by atoms with Gasteiger partial charge in [-0.2, -0.15) is 0 Å². The molecule has 24 heavy (non-hydrogen) atoms. The maximum atomic E-state index is 12.7. The fraction of sp³-hybridized carbons (Fsp3) is 0.444. The van der Waals surface area contributed by atoms with Crippen molar-refractivity contribution in [3.63, 3.8) is 0 Å². The summed E-state index contributed by atoms with van der Waals surface area (Å²) in [5.74, 6) is 0.803. The van der Waals surface area contributed by atoms with E-state index in [1.54, 1.807) is 6.20 Å². The van der Waals surface area contributed by atoms with Crippen LogP contribution >= 0.6 is 0 Å². The van der Waals surface area contributed by atoms with Gasteiger partial charge in [0.05, 0.1) is 11.4 Å². The molecule has 1 amide bonds. The van der Waals surface area contributed by atoms with Crippen LogP contribution in [0.4, 0.5) is 11.4 Å². The molecule has 128 valence electrons. The van der Waals surface area contributed by atoms with Crippen molar-refractivity contribution in [2.24, 2.45) is 7.05 Å². The number of nitrogens with zero attached hydrogens (tertiary/aromatic N) is 4. The average Bonchev–Trinajstić information content (AvgIpc) is 2.94. The lowest BCUT2D eigenvalue weighted by molar-refractivity contribution is -0.125. The Hall–Kier alpha value is -2.34. The SMILES string of the molecule is CC(OCC(=O)N1CCCN(C)c2ccccc21)c1nccn1C. The lowest BCUT2D eigenvalue weighted by Crippen LogP contribution is -2.35. The number of aromatic nitrogens is 2. The lowest BCUT2D eigenvalue weighted by Gasteiger charge is -2.24.